The normalized spacial score (nSPS) is 12.2. The smallest absolute Gasteiger partial charge is 0.270 e. The number of nitro benzene ring substituents is 1. The number of nitro groups is 1. The summed E-state index contributed by atoms with van der Waals surface area (Å²) in [6, 6.07) is 9.52. The molecule has 3 aromatic rings. The number of benzene rings is 2. The fourth-order valence-corrected chi connectivity index (χ4v) is 3.37. The Balaban J connectivity index is 1.95. The first-order valence-electron chi connectivity index (χ1n) is 7.76. The first-order valence-corrected chi connectivity index (χ1v) is 8.58. The van der Waals surface area contributed by atoms with Gasteiger partial charge in [-0.1, -0.05) is 11.3 Å². The van der Waals surface area contributed by atoms with Gasteiger partial charge >= 0.3 is 0 Å². The molecule has 0 unspecified atom stereocenters. The molecule has 0 radical (unpaired) electrons. The average molecular weight is 372 g/mol. The molecule has 0 aliphatic heterocycles. The zero-order valence-electron chi connectivity index (χ0n) is 14.1. The van der Waals surface area contributed by atoms with Gasteiger partial charge in [-0.3, -0.25) is 10.1 Å². The number of non-ortho nitro benzene ring substituents is 1. The van der Waals surface area contributed by atoms with Crippen LogP contribution in [-0.4, -0.2) is 27.4 Å². The highest BCUT2D eigenvalue weighted by Gasteiger charge is 2.09. The third-order valence-corrected chi connectivity index (χ3v) is 4.74. The van der Waals surface area contributed by atoms with Gasteiger partial charge in [0.25, 0.3) is 5.69 Å². The van der Waals surface area contributed by atoms with Crippen LogP contribution in [0.5, 0.6) is 11.5 Å². The predicted octanol–water partition coefficient (Wildman–Crippen LogP) is 3.19. The zero-order valence-corrected chi connectivity index (χ0v) is 14.9. The van der Waals surface area contributed by atoms with Gasteiger partial charge in [0, 0.05) is 24.7 Å². The summed E-state index contributed by atoms with van der Waals surface area (Å²) in [4.78, 5) is 10.9. The molecule has 0 spiro atoms. The molecule has 8 nitrogen and oxygen atoms in total. The quantitative estimate of drug-likeness (QED) is 0.422. The van der Waals surface area contributed by atoms with E-state index in [0.29, 0.717) is 11.4 Å². The van der Waals surface area contributed by atoms with E-state index in [1.54, 1.807) is 0 Å². The largest absolute Gasteiger partial charge is 0.507 e. The van der Waals surface area contributed by atoms with Crippen LogP contribution < -0.4 is 9.54 Å². The summed E-state index contributed by atoms with van der Waals surface area (Å²) < 4.78 is 8.39. The highest BCUT2D eigenvalue weighted by atomic mass is 32.1. The molecular weight excluding hydrogens is 356 g/mol. The van der Waals surface area contributed by atoms with Crippen molar-refractivity contribution in [3.8, 4) is 11.5 Å². The van der Waals surface area contributed by atoms with Crippen molar-refractivity contribution in [2.24, 2.45) is 17.3 Å². The van der Waals surface area contributed by atoms with Crippen LogP contribution in [0.2, 0.25) is 0 Å². The number of thiazole rings is 1. The molecule has 1 N–H and O–H groups in total. The molecule has 1 aromatic heterocycles. The van der Waals surface area contributed by atoms with Gasteiger partial charge in [0.2, 0.25) is 4.80 Å². The minimum atomic E-state index is -0.532. The highest BCUT2D eigenvalue weighted by molar-refractivity contribution is 7.16. The van der Waals surface area contributed by atoms with Gasteiger partial charge in [-0.25, -0.2) is 0 Å². The minimum absolute atomic E-state index is 0.100. The highest BCUT2D eigenvalue weighted by Crippen LogP contribution is 2.23. The van der Waals surface area contributed by atoms with Crippen molar-refractivity contribution < 1.29 is 14.8 Å². The van der Waals surface area contributed by atoms with Crippen LogP contribution in [0, 0.1) is 10.1 Å². The number of nitrogens with zero attached hydrogens (tertiary/aromatic N) is 4. The van der Waals surface area contributed by atoms with Crippen molar-refractivity contribution >= 4 is 33.5 Å². The summed E-state index contributed by atoms with van der Waals surface area (Å²) in [6.07, 6.45) is 1.29. The van der Waals surface area contributed by atoms with Crippen molar-refractivity contribution in [1.82, 2.24) is 4.57 Å². The molecule has 0 saturated heterocycles. The third kappa shape index (κ3) is 3.57. The van der Waals surface area contributed by atoms with Gasteiger partial charge in [-0.05, 0) is 31.2 Å². The predicted molar refractivity (Wildman–Crippen MR) is 99.9 cm³/mol. The molecule has 1 heterocycles. The summed E-state index contributed by atoms with van der Waals surface area (Å²) in [7, 11) is 1.87. The average Bonchev–Trinajstić information content (AvgIpc) is 2.92. The Kier molecular flexibility index (Phi) is 4.99. The second-order valence-electron chi connectivity index (χ2n) is 5.35. The molecule has 0 aliphatic carbocycles. The number of fused-ring (bicyclic) bond motifs is 1. The lowest BCUT2D eigenvalue weighted by Crippen LogP contribution is -2.08. The number of aromatic hydroxyl groups is 1. The monoisotopic (exact) mass is 372 g/mol. The lowest BCUT2D eigenvalue weighted by atomic mass is 10.2. The molecule has 0 saturated carbocycles. The van der Waals surface area contributed by atoms with Crippen LogP contribution in [0.15, 0.2) is 46.6 Å². The maximum absolute atomic E-state index is 10.8. The van der Waals surface area contributed by atoms with E-state index < -0.39 is 4.92 Å². The van der Waals surface area contributed by atoms with E-state index >= 15 is 0 Å². The van der Waals surface area contributed by atoms with Crippen molar-refractivity contribution in [2.75, 3.05) is 6.61 Å². The number of ether oxygens (including phenoxy) is 1. The molecule has 2 aromatic carbocycles. The van der Waals surface area contributed by atoms with Gasteiger partial charge in [0.1, 0.15) is 11.5 Å². The van der Waals surface area contributed by atoms with Crippen LogP contribution in [0.1, 0.15) is 12.5 Å². The number of phenols is 1. The Morgan fingerprint density at radius 1 is 1.35 bits per heavy atom. The molecule has 0 bridgehead atoms. The maximum atomic E-state index is 10.8. The number of phenolic OH excluding ortho intramolecular Hbond substituents is 1. The molecule has 9 heteroatoms. The van der Waals surface area contributed by atoms with Crippen LogP contribution in [-0.2, 0) is 7.05 Å². The molecule has 134 valence electrons. The van der Waals surface area contributed by atoms with E-state index in [0.717, 1.165) is 16.0 Å². The first-order chi connectivity index (χ1) is 12.5. The van der Waals surface area contributed by atoms with Gasteiger partial charge in [0.05, 0.1) is 28.0 Å². The lowest BCUT2D eigenvalue weighted by Gasteiger charge is -2.02. The minimum Gasteiger partial charge on any atom is -0.507 e. The summed E-state index contributed by atoms with van der Waals surface area (Å²) in [5.74, 6) is 0.690. The number of hydrogen-bond acceptors (Lipinski definition) is 7. The number of rotatable bonds is 5. The topological polar surface area (TPSA) is 102 Å². The standard InChI is InChI=1S/C17H16N4O4S/c1-3-25-13-5-6-14-16(9-13)26-17(20(14)2)19-18-10-11-8-12(21(23)24)4-7-15(11)22/h4-10,22H,3H2,1-2H3/b18-10+,19-17?. The molecule has 26 heavy (non-hydrogen) atoms. The van der Waals surface area contributed by atoms with E-state index in [9.17, 15) is 15.2 Å². The summed E-state index contributed by atoms with van der Waals surface area (Å²) in [5.41, 5.74) is 1.09. The van der Waals surface area contributed by atoms with Gasteiger partial charge < -0.3 is 14.4 Å². The summed E-state index contributed by atoms with van der Waals surface area (Å²) in [6.45, 7) is 2.52. The van der Waals surface area contributed by atoms with Gasteiger partial charge in [-0.15, -0.1) is 5.10 Å². The molecule has 3 rings (SSSR count). The van der Waals surface area contributed by atoms with E-state index in [1.807, 2.05) is 36.7 Å². The van der Waals surface area contributed by atoms with Crippen LogP contribution in [0.25, 0.3) is 10.2 Å². The summed E-state index contributed by atoms with van der Waals surface area (Å²) >= 11 is 1.44. The Morgan fingerprint density at radius 2 is 2.15 bits per heavy atom. The molecule has 0 atom stereocenters. The molecule has 0 fully saturated rings. The first kappa shape index (κ1) is 17.6. The Bertz CT molecular complexity index is 1070. The van der Waals surface area contributed by atoms with E-state index in [4.69, 9.17) is 4.74 Å². The van der Waals surface area contributed by atoms with Crippen molar-refractivity contribution in [3.63, 3.8) is 0 Å². The second kappa shape index (κ2) is 7.36. The lowest BCUT2D eigenvalue weighted by molar-refractivity contribution is -0.384. The zero-order chi connectivity index (χ0) is 18.7. The van der Waals surface area contributed by atoms with Crippen LogP contribution in [0.3, 0.4) is 0 Å². The molecule has 0 amide bonds. The fraction of sp³-hybridized carbons (Fsp3) is 0.176. The van der Waals surface area contributed by atoms with Crippen molar-refractivity contribution in [1.29, 1.82) is 0 Å². The number of hydrogen-bond donors (Lipinski definition) is 1. The van der Waals surface area contributed by atoms with E-state index in [1.165, 1.54) is 35.8 Å². The molecular formula is C17H16N4O4S. The van der Waals surface area contributed by atoms with Crippen LogP contribution in [0.4, 0.5) is 5.69 Å². The number of aromatic nitrogens is 1. The summed E-state index contributed by atoms with van der Waals surface area (Å²) in [5, 5.41) is 28.7. The Morgan fingerprint density at radius 3 is 2.88 bits per heavy atom. The second-order valence-corrected chi connectivity index (χ2v) is 6.36. The van der Waals surface area contributed by atoms with E-state index in [-0.39, 0.29) is 17.0 Å². The van der Waals surface area contributed by atoms with Crippen molar-refractivity contribution in [2.45, 2.75) is 6.92 Å². The fourth-order valence-electron chi connectivity index (χ4n) is 2.37. The molecule has 0 aliphatic rings. The maximum Gasteiger partial charge on any atom is 0.270 e. The Hall–Kier alpha value is -3.20. The van der Waals surface area contributed by atoms with E-state index in [2.05, 4.69) is 10.2 Å². The van der Waals surface area contributed by atoms with Gasteiger partial charge in [0.15, 0.2) is 0 Å². The van der Waals surface area contributed by atoms with Crippen molar-refractivity contribution in [3.05, 3.63) is 56.9 Å². The Labute approximate surface area is 152 Å². The SMILES string of the molecule is CCOc1ccc2c(c1)sc(=N/N=C/c1cc([N+](=O)[O-])ccc1O)n2C. The van der Waals surface area contributed by atoms with Crippen LogP contribution >= 0.6 is 11.3 Å². The third-order valence-electron chi connectivity index (χ3n) is 3.65. The van der Waals surface area contributed by atoms with Gasteiger partial charge in [-0.2, -0.15) is 5.10 Å². The number of aryl methyl sites for hydroxylation is 1.